The van der Waals surface area contributed by atoms with E-state index in [-0.39, 0.29) is 12.2 Å². The van der Waals surface area contributed by atoms with Gasteiger partial charge in [0.1, 0.15) is 12.2 Å². The Kier molecular flexibility index (Phi) is 8.02. The lowest BCUT2D eigenvalue weighted by molar-refractivity contribution is -0.138. The highest BCUT2D eigenvalue weighted by Gasteiger charge is 2.45. The largest absolute Gasteiger partial charge is 0.382 e. The highest BCUT2D eigenvalue weighted by atomic mass is 16.8. The van der Waals surface area contributed by atoms with Crippen molar-refractivity contribution in [3.8, 4) is 0 Å². The highest BCUT2D eigenvalue weighted by Crippen LogP contribution is 2.34. The van der Waals surface area contributed by atoms with Gasteiger partial charge in [-0.25, -0.2) is 0 Å². The van der Waals surface area contributed by atoms with Gasteiger partial charge in [-0.3, -0.25) is 4.84 Å². The lowest BCUT2D eigenvalue weighted by Gasteiger charge is -2.24. The van der Waals surface area contributed by atoms with Crippen LogP contribution in [0.2, 0.25) is 0 Å². The van der Waals surface area contributed by atoms with Crippen LogP contribution in [0.5, 0.6) is 0 Å². The average Bonchev–Trinajstić information content (AvgIpc) is 2.93. The van der Waals surface area contributed by atoms with Crippen LogP contribution >= 0.6 is 0 Å². The molecule has 0 aliphatic carbocycles. The van der Waals surface area contributed by atoms with E-state index in [0.717, 1.165) is 5.57 Å². The van der Waals surface area contributed by atoms with Crippen LogP contribution in [0.4, 0.5) is 0 Å². The van der Waals surface area contributed by atoms with E-state index in [1.54, 1.807) is 14.2 Å². The van der Waals surface area contributed by atoms with Gasteiger partial charge in [0, 0.05) is 20.8 Å². The zero-order valence-corrected chi connectivity index (χ0v) is 15.5. The summed E-state index contributed by atoms with van der Waals surface area (Å²) < 4.78 is 22.6. The SMILES string of the molecule is COC[C@@H]1OC(C)(/C(C)=C/CONCc2ccccc2)O[C@H]1COC. The van der Waals surface area contributed by atoms with E-state index in [2.05, 4.69) is 5.48 Å². The van der Waals surface area contributed by atoms with Gasteiger partial charge in [0.2, 0.25) is 0 Å². The van der Waals surface area contributed by atoms with Crippen LogP contribution in [-0.2, 0) is 30.3 Å². The molecule has 6 nitrogen and oxygen atoms in total. The van der Waals surface area contributed by atoms with Gasteiger partial charge in [-0.2, -0.15) is 5.48 Å². The number of hydroxylamine groups is 1. The van der Waals surface area contributed by atoms with Crippen LogP contribution in [0.1, 0.15) is 19.4 Å². The first-order valence-corrected chi connectivity index (χ1v) is 8.48. The Bertz CT molecular complexity index is 520. The third-order valence-electron chi connectivity index (χ3n) is 4.24. The minimum Gasteiger partial charge on any atom is -0.382 e. The van der Waals surface area contributed by atoms with E-state index >= 15 is 0 Å². The number of rotatable bonds is 10. The molecule has 0 amide bonds. The predicted octanol–water partition coefficient (Wildman–Crippen LogP) is 2.45. The molecule has 1 N–H and O–H groups in total. The lowest BCUT2D eigenvalue weighted by atomic mass is 10.1. The van der Waals surface area contributed by atoms with Gasteiger partial charge in [0.15, 0.2) is 5.79 Å². The molecule has 1 heterocycles. The lowest BCUT2D eigenvalue weighted by Crippen LogP contribution is -2.30. The van der Waals surface area contributed by atoms with Gasteiger partial charge >= 0.3 is 0 Å². The fourth-order valence-corrected chi connectivity index (χ4v) is 2.70. The first kappa shape index (κ1) is 20.0. The number of hydrogen-bond acceptors (Lipinski definition) is 6. The molecule has 2 atom stereocenters. The summed E-state index contributed by atoms with van der Waals surface area (Å²) in [5.41, 5.74) is 5.07. The third kappa shape index (κ3) is 5.88. The standard InChI is InChI=1S/C19H29NO5/c1-15(10-11-23-20-12-16-8-6-5-7-9-16)19(2)24-17(13-21-3)18(25-19)14-22-4/h5-10,17-18,20H,11-14H2,1-4H3/b15-10+/t17-,18-/m0/s1. The first-order valence-electron chi connectivity index (χ1n) is 8.48. The molecular formula is C19H29NO5. The zero-order chi connectivity index (χ0) is 18.1. The number of benzene rings is 1. The molecule has 0 aromatic heterocycles. The summed E-state index contributed by atoms with van der Waals surface area (Å²) in [7, 11) is 3.30. The van der Waals surface area contributed by atoms with E-state index in [1.165, 1.54) is 5.56 Å². The van der Waals surface area contributed by atoms with Crippen molar-refractivity contribution in [2.45, 2.75) is 38.4 Å². The third-order valence-corrected chi connectivity index (χ3v) is 4.24. The van der Waals surface area contributed by atoms with Crippen molar-refractivity contribution in [1.82, 2.24) is 5.48 Å². The topological polar surface area (TPSA) is 58.2 Å². The maximum atomic E-state index is 6.07. The van der Waals surface area contributed by atoms with Crippen LogP contribution in [-0.4, -0.2) is 52.0 Å². The van der Waals surface area contributed by atoms with Gasteiger partial charge in [-0.15, -0.1) is 0 Å². The normalized spacial score (nSPS) is 23.1. The monoisotopic (exact) mass is 351 g/mol. The molecule has 1 fully saturated rings. The first-order chi connectivity index (χ1) is 12.1. The Morgan fingerprint density at radius 3 is 2.28 bits per heavy atom. The van der Waals surface area contributed by atoms with E-state index in [1.807, 2.05) is 50.3 Å². The second-order valence-corrected chi connectivity index (χ2v) is 6.17. The number of ether oxygens (including phenoxy) is 4. The van der Waals surface area contributed by atoms with E-state index in [0.29, 0.717) is 26.4 Å². The van der Waals surface area contributed by atoms with Crippen molar-refractivity contribution in [2.75, 3.05) is 34.0 Å². The quantitative estimate of drug-likeness (QED) is 0.397. The van der Waals surface area contributed by atoms with Gasteiger partial charge in [0.25, 0.3) is 0 Å². The fourth-order valence-electron chi connectivity index (χ4n) is 2.70. The molecule has 0 bridgehead atoms. The summed E-state index contributed by atoms with van der Waals surface area (Å²) in [4.78, 5) is 5.47. The summed E-state index contributed by atoms with van der Waals surface area (Å²) in [5.74, 6) is -0.796. The molecule has 0 spiro atoms. The Labute approximate surface area is 150 Å². The van der Waals surface area contributed by atoms with Crippen molar-refractivity contribution in [1.29, 1.82) is 0 Å². The predicted molar refractivity (Wildman–Crippen MR) is 94.9 cm³/mol. The van der Waals surface area contributed by atoms with Crippen LogP contribution in [0.15, 0.2) is 42.0 Å². The Hall–Kier alpha value is -1.28. The molecule has 2 rings (SSSR count). The van der Waals surface area contributed by atoms with E-state index < -0.39 is 5.79 Å². The molecule has 25 heavy (non-hydrogen) atoms. The molecule has 1 aromatic carbocycles. The molecule has 0 radical (unpaired) electrons. The highest BCUT2D eigenvalue weighted by molar-refractivity contribution is 5.14. The molecule has 0 saturated carbocycles. The Morgan fingerprint density at radius 2 is 1.72 bits per heavy atom. The number of hydrogen-bond donors (Lipinski definition) is 1. The van der Waals surface area contributed by atoms with Gasteiger partial charge in [-0.05, 0) is 25.0 Å². The molecule has 6 heteroatoms. The second kappa shape index (κ2) is 10.0. The summed E-state index contributed by atoms with van der Waals surface area (Å²) in [6, 6.07) is 10.1. The van der Waals surface area contributed by atoms with Crippen LogP contribution in [0, 0.1) is 0 Å². The molecular weight excluding hydrogens is 322 g/mol. The molecule has 1 aliphatic heterocycles. The van der Waals surface area contributed by atoms with Gasteiger partial charge < -0.3 is 18.9 Å². The summed E-state index contributed by atoms with van der Waals surface area (Å²) >= 11 is 0. The minimum absolute atomic E-state index is 0.157. The molecule has 140 valence electrons. The van der Waals surface area contributed by atoms with Crippen LogP contribution in [0.25, 0.3) is 0 Å². The Balaban J connectivity index is 1.81. The molecule has 1 saturated heterocycles. The number of nitrogens with one attached hydrogen (secondary N) is 1. The van der Waals surface area contributed by atoms with Crippen molar-refractivity contribution >= 4 is 0 Å². The van der Waals surface area contributed by atoms with E-state index in [4.69, 9.17) is 23.8 Å². The van der Waals surface area contributed by atoms with Gasteiger partial charge in [-0.1, -0.05) is 36.4 Å². The van der Waals surface area contributed by atoms with Crippen LogP contribution in [0.3, 0.4) is 0 Å². The van der Waals surface area contributed by atoms with Crippen molar-refractivity contribution < 1.29 is 23.8 Å². The maximum Gasteiger partial charge on any atom is 0.188 e. The molecule has 1 aliphatic rings. The average molecular weight is 351 g/mol. The van der Waals surface area contributed by atoms with Gasteiger partial charge in [0.05, 0.1) is 19.8 Å². The zero-order valence-electron chi connectivity index (χ0n) is 15.5. The van der Waals surface area contributed by atoms with Crippen molar-refractivity contribution in [3.63, 3.8) is 0 Å². The minimum atomic E-state index is -0.796. The number of methoxy groups -OCH3 is 2. The summed E-state index contributed by atoms with van der Waals surface area (Å²) in [5, 5.41) is 0. The fraction of sp³-hybridized carbons (Fsp3) is 0.579. The van der Waals surface area contributed by atoms with Crippen molar-refractivity contribution in [3.05, 3.63) is 47.5 Å². The maximum absolute atomic E-state index is 6.07. The summed E-state index contributed by atoms with van der Waals surface area (Å²) in [6.07, 6.45) is 1.64. The van der Waals surface area contributed by atoms with E-state index in [9.17, 15) is 0 Å². The smallest absolute Gasteiger partial charge is 0.188 e. The Morgan fingerprint density at radius 1 is 1.12 bits per heavy atom. The summed E-state index contributed by atoms with van der Waals surface area (Å²) in [6.45, 7) is 5.89. The molecule has 1 aromatic rings. The second-order valence-electron chi connectivity index (χ2n) is 6.17. The van der Waals surface area contributed by atoms with Crippen molar-refractivity contribution in [2.24, 2.45) is 0 Å². The van der Waals surface area contributed by atoms with Crippen LogP contribution < -0.4 is 5.48 Å². The molecule has 0 unspecified atom stereocenters.